The zero-order valence-electron chi connectivity index (χ0n) is 14.3. The molecular formula is C16H25N5O3. The van der Waals surface area contributed by atoms with Crippen LogP contribution in [0, 0.1) is 0 Å². The molecule has 2 fully saturated rings. The van der Waals surface area contributed by atoms with E-state index in [1.54, 1.807) is 28.9 Å². The topological polar surface area (TPSA) is 81.9 Å². The van der Waals surface area contributed by atoms with Crippen LogP contribution in [-0.4, -0.2) is 92.8 Å². The number of carbonyl (C=O) groups excluding carboxylic acids is 2. The Labute approximate surface area is 141 Å². The Morgan fingerprint density at radius 3 is 2.50 bits per heavy atom. The fourth-order valence-electron chi connectivity index (χ4n) is 3.49. The number of hydrogen-bond donors (Lipinski definition) is 1. The largest absolute Gasteiger partial charge is 0.390 e. The Morgan fingerprint density at radius 2 is 1.92 bits per heavy atom. The zero-order chi connectivity index (χ0) is 17.3. The standard InChI is InChI=1S/C16H25N5O3/c1-3-21-9-13(8-17-21)16(24)20-10-14(15(23)11-20)19-6-4-18(5-7-19)12(2)22/h8-9,14-15,23H,3-7,10-11H2,1-2H3/t14-,15-/m1/s1. The Hall–Kier alpha value is -1.93. The zero-order valence-corrected chi connectivity index (χ0v) is 14.3. The van der Waals surface area contributed by atoms with Crippen LogP contribution < -0.4 is 0 Å². The van der Waals surface area contributed by atoms with Crippen LogP contribution in [0.25, 0.3) is 0 Å². The van der Waals surface area contributed by atoms with Crippen LogP contribution in [0.5, 0.6) is 0 Å². The second-order valence-corrected chi connectivity index (χ2v) is 6.47. The van der Waals surface area contributed by atoms with Gasteiger partial charge in [0, 0.05) is 58.9 Å². The fraction of sp³-hybridized carbons (Fsp3) is 0.688. The summed E-state index contributed by atoms with van der Waals surface area (Å²) in [6.07, 6.45) is 2.77. The van der Waals surface area contributed by atoms with Crippen LogP contribution in [0.2, 0.25) is 0 Å². The molecule has 8 nitrogen and oxygen atoms in total. The van der Waals surface area contributed by atoms with E-state index in [1.165, 1.54) is 0 Å². The van der Waals surface area contributed by atoms with Crippen LogP contribution >= 0.6 is 0 Å². The third-order valence-electron chi connectivity index (χ3n) is 4.98. The number of likely N-dealkylation sites (tertiary alicyclic amines) is 1. The highest BCUT2D eigenvalue weighted by molar-refractivity contribution is 5.94. The SMILES string of the molecule is CCn1cc(C(=O)N2C[C@@H](O)[C@H](N3CCN(C(C)=O)CC3)C2)cn1. The normalized spacial score (nSPS) is 25.3. The fourth-order valence-corrected chi connectivity index (χ4v) is 3.49. The lowest BCUT2D eigenvalue weighted by molar-refractivity contribution is -0.131. The summed E-state index contributed by atoms with van der Waals surface area (Å²) in [5.74, 6) is 0.00461. The molecule has 2 atom stereocenters. The molecule has 0 bridgehead atoms. The van der Waals surface area contributed by atoms with Crippen molar-refractivity contribution in [3.05, 3.63) is 18.0 Å². The van der Waals surface area contributed by atoms with Crippen molar-refractivity contribution in [2.45, 2.75) is 32.5 Å². The van der Waals surface area contributed by atoms with Gasteiger partial charge in [-0.1, -0.05) is 0 Å². The van der Waals surface area contributed by atoms with Crippen molar-refractivity contribution < 1.29 is 14.7 Å². The highest BCUT2D eigenvalue weighted by atomic mass is 16.3. The van der Waals surface area contributed by atoms with Gasteiger partial charge in [-0.3, -0.25) is 19.2 Å². The van der Waals surface area contributed by atoms with Crippen LogP contribution in [0.1, 0.15) is 24.2 Å². The quantitative estimate of drug-likeness (QED) is 0.786. The van der Waals surface area contributed by atoms with Crippen molar-refractivity contribution in [2.24, 2.45) is 0 Å². The number of aliphatic hydroxyl groups excluding tert-OH is 1. The molecule has 0 spiro atoms. The number of aromatic nitrogens is 2. The van der Waals surface area contributed by atoms with Crippen LogP contribution in [0.4, 0.5) is 0 Å². The van der Waals surface area contributed by atoms with Crippen LogP contribution in [0.15, 0.2) is 12.4 Å². The number of aryl methyl sites for hydroxylation is 1. The number of β-amino-alcohol motifs (C(OH)–C–C–N with tert-alkyl or cyclic N) is 1. The number of aliphatic hydroxyl groups is 1. The lowest BCUT2D eigenvalue weighted by atomic mass is 10.1. The summed E-state index contributed by atoms with van der Waals surface area (Å²) in [6.45, 7) is 7.94. The molecule has 132 valence electrons. The highest BCUT2D eigenvalue weighted by Gasteiger charge is 2.39. The Kier molecular flexibility index (Phi) is 4.86. The minimum atomic E-state index is -0.556. The van der Waals surface area contributed by atoms with E-state index in [2.05, 4.69) is 10.00 Å². The molecule has 3 rings (SSSR count). The Bertz CT molecular complexity index is 609. The van der Waals surface area contributed by atoms with Gasteiger partial charge in [0.15, 0.2) is 0 Å². The minimum absolute atomic E-state index is 0.0655. The van der Waals surface area contributed by atoms with E-state index in [0.29, 0.717) is 31.7 Å². The maximum Gasteiger partial charge on any atom is 0.257 e. The van der Waals surface area contributed by atoms with Gasteiger partial charge in [0.2, 0.25) is 5.91 Å². The summed E-state index contributed by atoms with van der Waals surface area (Å²) in [6, 6.07) is -0.0655. The third-order valence-corrected chi connectivity index (χ3v) is 4.98. The van der Waals surface area contributed by atoms with Gasteiger partial charge in [-0.25, -0.2) is 0 Å². The maximum atomic E-state index is 12.6. The summed E-state index contributed by atoms with van der Waals surface area (Å²) in [5.41, 5.74) is 0.561. The molecule has 2 saturated heterocycles. The van der Waals surface area contributed by atoms with Gasteiger partial charge in [0.25, 0.3) is 5.91 Å². The smallest absolute Gasteiger partial charge is 0.257 e. The van der Waals surface area contributed by atoms with E-state index in [4.69, 9.17) is 0 Å². The molecule has 0 aromatic carbocycles. The number of piperazine rings is 1. The van der Waals surface area contributed by atoms with Gasteiger partial charge in [0.05, 0.1) is 23.9 Å². The molecular weight excluding hydrogens is 310 g/mol. The first kappa shape index (κ1) is 16.9. The van der Waals surface area contributed by atoms with Gasteiger partial charge >= 0.3 is 0 Å². The first-order valence-electron chi connectivity index (χ1n) is 8.49. The number of nitrogens with zero attached hydrogens (tertiary/aromatic N) is 5. The van der Waals surface area contributed by atoms with E-state index >= 15 is 0 Å². The molecule has 0 unspecified atom stereocenters. The lowest BCUT2D eigenvalue weighted by Crippen LogP contribution is -2.54. The predicted molar refractivity (Wildman–Crippen MR) is 87.4 cm³/mol. The number of rotatable bonds is 3. The average Bonchev–Trinajstić information content (AvgIpc) is 3.21. The Morgan fingerprint density at radius 1 is 1.21 bits per heavy atom. The van der Waals surface area contributed by atoms with Crippen molar-refractivity contribution in [1.82, 2.24) is 24.5 Å². The lowest BCUT2D eigenvalue weighted by Gasteiger charge is -2.38. The molecule has 24 heavy (non-hydrogen) atoms. The summed E-state index contributed by atoms with van der Waals surface area (Å²) in [4.78, 5) is 29.7. The van der Waals surface area contributed by atoms with E-state index in [1.807, 2.05) is 11.8 Å². The van der Waals surface area contributed by atoms with E-state index in [9.17, 15) is 14.7 Å². The van der Waals surface area contributed by atoms with E-state index in [-0.39, 0.29) is 17.9 Å². The van der Waals surface area contributed by atoms with Gasteiger partial charge in [0.1, 0.15) is 0 Å². The maximum absolute atomic E-state index is 12.6. The third kappa shape index (κ3) is 3.29. The summed E-state index contributed by atoms with van der Waals surface area (Å²) < 4.78 is 1.72. The monoisotopic (exact) mass is 335 g/mol. The minimum Gasteiger partial charge on any atom is -0.390 e. The molecule has 0 saturated carbocycles. The van der Waals surface area contributed by atoms with Gasteiger partial charge in [-0.2, -0.15) is 5.10 Å². The second-order valence-electron chi connectivity index (χ2n) is 6.47. The molecule has 1 N–H and O–H groups in total. The van der Waals surface area contributed by atoms with Gasteiger partial charge in [-0.05, 0) is 6.92 Å². The number of carbonyl (C=O) groups is 2. The number of hydrogen-bond acceptors (Lipinski definition) is 5. The average molecular weight is 335 g/mol. The van der Waals surface area contributed by atoms with Gasteiger partial charge in [-0.15, -0.1) is 0 Å². The second kappa shape index (κ2) is 6.90. The molecule has 1 aromatic rings. The molecule has 2 aliphatic heterocycles. The first-order valence-corrected chi connectivity index (χ1v) is 8.49. The molecule has 1 aromatic heterocycles. The summed E-state index contributed by atoms with van der Waals surface area (Å²) in [5, 5.41) is 14.5. The predicted octanol–water partition coefficient (Wildman–Crippen LogP) is -0.748. The molecule has 2 aliphatic rings. The van der Waals surface area contributed by atoms with Crippen molar-refractivity contribution in [2.75, 3.05) is 39.3 Å². The van der Waals surface area contributed by atoms with Crippen molar-refractivity contribution >= 4 is 11.8 Å². The summed E-state index contributed by atoms with van der Waals surface area (Å²) >= 11 is 0. The van der Waals surface area contributed by atoms with Crippen LogP contribution in [-0.2, 0) is 11.3 Å². The van der Waals surface area contributed by atoms with Crippen molar-refractivity contribution in [3.63, 3.8) is 0 Å². The molecule has 3 heterocycles. The molecule has 8 heteroatoms. The molecule has 0 radical (unpaired) electrons. The first-order chi connectivity index (χ1) is 11.5. The molecule has 0 aliphatic carbocycles. The van der Waals surface area contributed by atoms with Gasteiger partial charge < -0.3 is 14.9 Å². The van der Waals surface area contributed by atoms with Crippen molar-refractivity contribution in [3.8, 4) is 0 Å². The highest BCUT2D eigenvalue weighted by Crippen LogP contribution is 2.20. The summed E-state index contributed by atoms with van der Waals surface area (Å²) in [7, 11) is 0. The van der Waals surface area contributed by atoms with E-state index in [0.717, 1.165) is 19.6 Å². The molecule has 2 amide bonds. The Balaban J connectivity index is 1.60. The van der Waals surface area contributed by atoms with Crippen molar-refractivity contribution in [1.29, 1.82) is 0 Å². The van der Waals surface area contributed by atoms with Crippen LogP contribution in [0.3, 0.4) is 0 Å². The van der Waals surface area contributed by atoms with E-state index < -0.39 is 6.10 Å². The number of amides is 2.